The number of fused-ring (bicyclic) bond motifs is 3. The highest BCUT2D eigenvalue weighted by molar-refractivity contribution is 5.47. The van der Waals surface area contributed by atoms with Crippen molar-refractivity contribution in [3.63, 3.8) is 0 Å². The van der Waals surface area contributed by atoms with Gasteiger partial charge in [-0.1, -0.05) is 12.1 Å². The second kappa shape index (κ2) is 9.23. The van der Waals surface area contributed by atoms with Gasteiger partial charge >= 0.3 is 0 Å². The normalized spacial score (nSPS) is 22.0. The highest BCUT2D eigenvalue weighted by Gasteiger charge is 2.38. The predicted molar refractivity (Wildman–Crippen MR) is 118 cm³/mol. The number of likely N-dealkylation sites (tertiary alicyclic amines) is 1. The fraction of sp³-hybridized carbons (Fsp3) is 0.583. The second-order valence-electron chi connectivity index (χ2n) is 8.55. The average Bonchev–Trinajstić information content (AvgIpc) is 3.03. The average molecular weight is 394 g/mol. The topological polar surface area (TPSA) is 60.0 Å². The van der Waals surface area contributed by atoms with Gasteiger partial charge in [0, 0.05) is 18.4 Å². The van der Waals surface area contributed by atoms with Gasteiger partial charge in [0.2, 0.25) is 0 Å². The maximum atomic E-state index is 5.74. The van der Waals surface area contributed by atoms with Gasteiger partial charge < -0.3 is 10.3 Å². The van der Waals surface area contributed by atoms with E-state index in [1.807, 2.05) is 6.20 Å². The van der Waals surface area contributed by atoms with Gasteiger partial charge in [-0.3, -0.25) is 9.88 Å². The van der Waals surface area contributed by atoms with Crippen LogP contribution >= 0.6 is 0 Å². The molecule has 2 N–H and O–H groups in total. The Morgan fingerprint density at radius 3 is 3.00 bits per heavy atom. The summed E-state index contributed by atoms with van der Waals surface area (Å²) in [5.41, 5.74) is 10.9. The third-order valence-corrected chi connectivity index (χ3v) is 6.69. The molecule has 2 aromatic rings. The van der Waals surface area contributed by atoms with Crippen molar-refractivity contribution in [2.24, 2.45) is 11.7 Å². The van der Waals surface area contributed by atoms with Crippen LogP contribution in [0.2, 0.25) is 0 Å². The Balaban J connectivity index is 1.63. The molecule has 2 aromatic heterocycles. The van der Waals surface area contributed by atoms with Gasteiger partial charge in [0.1, 0.15) is 5.82 Å². The lowest BCUT2D eigenvalue weighted by Gasteiger charge is -2.44. The summed E-state index contributed by atoms with van der Waals surface area (Å²) >= 11 is 0. The van der Waals surface area contributed by atoms with E-state index in [9.17, 15) is 0 Å². The number of aromatic nitrogens is 3. The second-order valence-corrected chi connectivity index (χ2v) is 8.55. The maximum absolute atomic E-state index is 5.74. The Morgan fingerprint density at radius 1 is 1.28 bits per heavy atom. The molecule has 29 heavy (non-hydrogen) atoms. The van der Waals surface area contributed by atoms with E-state index in [-0.39, 0.29) is 0 Å². The molecule has 0 aromatic carbocycles. The molecule has 0 saturated carbocycles. The highest BCUT2D eigenvalue weighted by atomic mass is 15.2. The minimum Gasteiger partial charge on any atom is -0.331 e. The zero-order valence-electron chi connectivity index (χ0n) is 18.0. The van der Waals surface area contributed by atoms with E-state index in [0.717, 1.165) is 50.6 Å². The Hall–Kier alpha value is -1.98. The summed E-state index contributed by atoms with van der Waals surface area (Å²) in [5, 5.41) is 0. The first-order valence-electron chi connectivity index (χ1n) is 11.3. The summed E-state index contributed by atoms with van der Waals surface area (Å²) in [4.78, 5) is 12.5. The van der Waals surface area contributed by atoms with Crippen LogP contribution < -0.4 is 5.73 Å². The number of unbranched alkanes of at least 4 members (excludes halogenated alkanes) is 1. The van der Waals surface area contributed by atoms with E-state index in [0.29, 0.717) is 6.04 Å². The molecule has 156 valence electrons. The molecule has 2 aliphatic rings. The van der Waals surface area contributed by atoms with Gasteiger partial charge in [-0.2, -0.15) is 0 Å². The number of rotatable bonds is 7. The third kappa shape index (κ3) is 4.17. The van der Waals surface area contributed by atoms with Crippen molar-refractivity contribution in [2.45, 2.75) is 71.5 Å². The molecule has 2 unspecified atom stereocenters. The van der Waals surface area contributed by atoms with Gasteiger partial charge in [0.05, 0.1) is 24.0 Å². The summed E-state index contributed by atoms with van der Waals surface area (Å²) in [7, 11) is 0. The molecule has 3 heterocycles. The Morgan fingerprint density at radius 2 is 2.17 bits per heavy atom. The largest absolute Gasteiger partial charge is 0.331 e. The minimum atomic E-state index is 0.438. The first-order valence-corrected chi connectivity index (χ1v) is 11.3. The molecule has 0 amide bonds. The SMILES string of the molecule is C/C=C\c1nc(CN2CCCC3CCc4cccnc4C32)n(CCCCN)c1C. The lowest BCUT2D eigenvalue weighted by atomic mass is 9.77. The van der Waals surface area contributed by atoms with Crippen LogP contribution in [0.3, 0.4) is 0 Å². The molecule has 1 aliphatic carbocycles. The number of nitrogens with zero attached hydrogens (tertiary/aromatic N) is 4. The Bertz CT molecular complexity index is 853. The fourth-order valence-electron chi connectivity index (χ4n) is 5.24. The molecule has 0 spiro atoms. The molecule has 1 aliphatic heterocycles. The van der Waals surface area contributed by atoms with Crippen molar-refractivity contribution >= 4 is 6.08 Å². The van der Waals surface area contributed by atoms with Crippen LogP contribution in [-0.2, 0) is 19.5 Å². The summed E-state index contributed by atoms with van der Waals surface area (Å²) < 4.78 is 2.43. The molecule has 0 radical (unpaired) electrons. The van der Waals surface area contributed by atoms with Crippen molar-refractivity contribution in [1.82, 2.24) is 19.4 Å². The van der Waals surface area contributed by atoms with E-state index in [1.165, 1.54) is 48.5 Å². The van der Waals surface area contributed by atoms with Crippen LogP contribution in [0.4, 0.5) is 0 Å². The maximum Gasteiger partial charge on any atom is 0.123 e. The van der Waals surface area contributed by atoms with Gasteiger partial charge in [0.25, 0.3) is 0 Å². The number of aryl methyl sites for hydroxylation is 1. The molecule has 1 saturated heterocycles. The summed E-state index contributed by atoms with van der Waals surface area (Å²) in [6.07, 6.45) is 13.4. The molecule has 1 fully saturated rings. The van der Waals surface area contributed by atoms with Crippen molar-refractivity contribution in [3.05, 3.63) is 52.9 Å². The van der Waals surface area contributed by atoms with Crippen LogP contribution in [0.15, 0.2) is 24.4 Å². The quantitative estimate of drug-likeness (QED) is 0.714. The van der Waals surface area contributed by atoms with Crippen LogP contribution in [-0.4, -0.2) is 32.5 Å². The first kappa shape index (κ1) is 20.3. The predicted octanol–water partition coefficient (Wildman–Crippen LogP) is 4.26. The zero-order valence-corrected chi connectivity index (χ0v) is 18.0. The van der Waals surface area contributed by atoms with Crippen LogP contribution in [0.5, 0.6) is 0 Å². The number of hydrogen-bond donors (Lipinski definition) is 1. The minimum absolute atomic E-state index is 0.438. The smallest absolute Gasteiger partial charge is 0.123 e. The van der Waals surface area contributed by atoms with E-state index in [2.05, 4.69) is 47.6 Å². The van der Waals surface area contributed by atoms with Crippen LogP contribution in [0, 0.1) is 12.8 Å². The first-order chi connectivity index (χ1) is 14.2. The standard InChI is InChI=1S/C24H35N5/c1-3-8-21-18(2)29(16-5-4-13-25)22(27-21)17-28-15-7-10-20-12-11-19-9-6-14-26-23(19)24(20)28/h3,6,8-9,14,20,24H,4-5,7,10-13,15-17,25H2,1-2H3/b8-3-. The van der Waals surface area contributed by atoms with Crippen LogP contribution in [0.25, 0.3) is 6.08 Å². The molecular weight excluding hydrogens is 358 g/mol. The van der Waals surface area contributed by atoms with Crippen molar-refractivity contribution < 1.29 is 0 Å². The van der Waals surface area contributed by atoms with Crippen molar-refractivity contribution in [3.8, 4) is 0 Å². The lowest BCUT2D eigenvalue weighted by molar-refractivity contribution is 0.0662. The fourth-order valence-corrected chi connectivity index (χ4v) is 5.24. The van der Waals surface area contributed by atoms with Gasteiger partial charge in [-0.15, -0.1) is 0 Å². The highest BCUT2D eigenvalue weighted by Crippen LogP contribution is 2.43. The number of nitrogens with two attached hydrogens (primary N) is 1. The Kier molecular flexibility index (Phi) is 6.46. The third-order valence-electron chi connectivity index (χ3n) is 6.69. The van der Waals surface area contributed by atoms with Crippen molar-refractivity contribution in [1.29, 1.82) is 0 Å². The molecule has 5 nitrogen and oxygen atoms in total. The van der Waals surface area contributed by atoms with Crippen molar-refractivity contribution in [2.75, 3.05) is 13.1 Å². The van der Waals surface area contributed by atoms with Crippen LogP contribution in [0.1, 0.15) is 73.5 Å². The van der Waals surface area contributed by atoms with Gasteiger partial charge in [0.15, 0.2) is 0 Å². The number of piperidine rings is 1. The summed E-state index contributed by atoms with van der Waals surface area (Å²) in [5.74, 6) is 1.92. The number of hydrogen-bond acceptors (Lipinski definition) is 4. The monoisotopic (exact) mass is 393 g/mol. The Labute approximate surface area is 175 Å². The molecule has 4 rings (SSSR count). The van der Waals surface area contributed by atoms with Gasteiger partial charge in [-0.05, 0) is 89.1 Å². The summed E-state index contributed by atoms with van der Waals surface area (Å²) in [6, 6.07) is 4.80. The number of pyridine rings is 1. The molecule has 0 bridgehead atoms. The number of allylic oxidation sites excluding steroid dienone is 1. The summed E-state index contributed by atoms with van der Waals surface area (Å²) in [6.45, 7) is 8.04. The zero-order chi connectivity index (χ0) is 20.2. The van der Waals surface area contributed by atoms with E-state index < -0.39 is 0 Å². The van der Waals surface area contributed by atoms with E-state index in [1.54, 1.807) is 0 Å². The van der Waals surface area contributed by atoms with E-state index in [4.69, 9.17) is 15.7 Å². The van der Waals surface area contributed by atoms with E-state index >= 15 is 0 Å². The molecule has 5 heteroatoms. The number of imidazole rings is 1. The van der Waals surface area contributed by atoms with Gasteiger partial charge in [-0.25, -0.2) is 4.98 Å². The molecule has 2 atom stereocenters. The lowest BCUT2D eigenvalue weighted by Crippen LogP contribution is -2.42. The molecular formula is C24H35N5.